The van der Waals surface area contributed by atoms with Crippen molar-refractivity contribution in [2.24, 2.45) is 5.92 Å². The van der Waals surface area contributed by atoms with Crippen molar-refractivity contribution in [1.82, 2.24) is 18.8 Å². The standard InChI is InChI=1S/C20H29N5O3S/c1-13-5-4-6-17(13)25-18-15(11-14(2)19(25)26)12-21-20(23-18)22-16-7-9-24(10-8-16)29(3,27)28/h11-13,16-17H,4-10H2,1-3H3,(H,21,22,23)/t13-,17+/m0/s1/i2D3,3D3,7D2,8D2,16D. The van der Waals surface area contributed by atoms with Gasteiger partial charge in [-0.1, -0.05) is 13.3 Å². The predicted molar refractivity (Wildman–Crippen MR) is 114 cm³/mol. The Bertz CT molecular complexity index is 1470. The van der Waals surface area contributed by atoms with Crippen molar-refractivity contribution in [3.8, 4) is 0 Å². The number of aryl methyl sites for hydroxylation is 1. The smallest absolute Gasteiger partial charge is 0.255 e. The molecule has 0 unspecified atom stereocenters. The summed E-state index contributed by atoms with van der Waals surface area (Å²) < 4.78 is 114. The van der Waals surface area contributed by atoms with E-state index in [0.29, 0.717) is 6.42 Å². The first-order valence-electron chi connectivity index (χ1n) is 14.7. The summed E-state index contributed by atoms with van der Waals surface area (Å²) in [5.41, 5.74) is -1.18. The van der Waals surface area contributed by atoms with Gasteiger partial charge in [0.1, 0.15) is 5.65 Å². The lowest BCUT2D eigenvalue weighted by atomic mass is 10.1. The summed E-state index contributed by atoms with van der Waals surface area (Å²) in [6, 6.07) is -2.15. The fraction of sp³-hybridized carbons (Fsp3) is 0.650. The van der Waals surface area contributed by atoms with Crippen LogP contribution in [-0.2, 0) is 10.0 Å². The molecular weight excluding hydrogens is 390 g/mol. The molecule has 4 rings (SSSR count). The van der Waals surface area contributed by atoms with Gasteiger partial charge in [-0.05, 0) is 44.4 Å². The Morgan fingerprint density at radius 3 is 2.79 bits per heavy atom. The minimum atomic E-state index is -5.11. The average Bonchev–Trinajstić information content (AvgIpc) is 3.20. The van der Waals surface area contributed by atoms with E-state index < -0.39 is 78.0 Å². The Kier molecular flexibility index (Phi) is 2.88. The van der Waals surface area contributed by atoms with Crippen LogP contribution >= 0.6 is 0 Å². The number of nitrogens with one attached hydrogen (secondary N) is 1. The van der Waals surface area contributed by atoms with Crippen LogP contribution in [-0.4, -0.2) is 52.5 Å². The fourth-order valence-electron chi connectivity index (χ4n) is 3.82. The first-order valence-corrected chi connectivity index (χ1v) is 10.7. The lowest BCUT2D eigenvalue weighted by Crippen LogP contribution is -2.42. The molecule has 2 atom stereocenters. The summed E-state index contributed by atoms with van der Waals surface area (Å²) in [6.45, 7) is -3.07. The van der Waals surface area contributed by atoms with Crippen LogP contribution in [0.1, 0.15) is 65.6 Å². The normalized spacial score (nSPS) is 35.3. The SMILES string of the molecule is [2H]C([2H])([2H])c1cc2cnc(NC3([2H])C([2H])([2H])CN(S(=O)(=O)C([2H])([2H])[2H])CC3([2H])[2H])nc2n([C@@H]2CCC[C@@H]2C)c1=O. The van der Waals surface area contributed by atoms with E-state index >= 15 is 0 Å². The molecule has 1 saturated heterocycles. The summed E-state index contributed by atoms with van der Waals surface area (Å²) in [4.78, 5) is 21.7. The molecule has 158 valence electrons. The zero-order chi connectivity index (χ0) is 30.3. The Labute approximate surface area is 186 Å². The van der Waals surface area contributed by atoms with Crippen molar-refractivity contribution < 1.29 is 23.5 Å². The van der Waals surface area contributed by atoms with Crippen LogP contribution in [0.4, 0.5) is 5.95 Å². The third-order valence-electron chi connectivity index (χ3n) is 5.36. The molecular formula is C20H29N5O3S. The van der Waals surface area contributed by atoms with E-state index in [4.69, 9.17) is 15.1 Å². The molecule has 2 aromatic heterocycles. The maximum atomic E-state index is 13.4. The highest BCUT2D eigenvalue weighted by Crippen LogP contribution is 2.36. The Morgan fingerprint density at radius 1 is 1.34 bits per heavy atom. The fourth-order valence-corrected chi connectivity index (χ4v) is 4.29. The quantitative estimate of drug-likeness (QED) is 0.799. The van der Waals surface area contributed by atoms with Crippen molar-refractivity contribution in [2.75, 3.05) is 24.6 Å². The minimum Gasteiger partial charge on any atom is -0.351 e. The number of rotatable bonds is 4. The largest absolute Gasteiger partial charge is 0.351 e. The molecule has 0 bridgehead atoms. The molecule has 1 N–H and O–H groups in total. The average molecular weight is 431 g/mol. The van der Waals surface area contributed by atoms with Crippen LogP contribution in [0.15, 0.2) is 17.1 Å². The summed E-state index contributed by atoms with van der Waals surface area (Å²) in [6.07, 6.45) is -6.21. The van der Waals surface area contributed by atoms with Gasteiger partial charge in [-0.2, -0.15) is 4.98 Å². The van der Waals surface area contributed by atoms with Gasteiger partial charge in [0.05, 0.1) is 7.55 Å². The van der Waals surface area contributed by atoms with Crippen molar-refractivity contribution in [2.45, 2.75) is 57.8 Å². The van der Waals surface area contributed by atoms with Gasteiger partial charge in [0.2, 0.25) is 16.0 Å². The molecule has 9 heteroatoms. The van der Waals surface area contributed by atoms with Crippen LogP contribution in [0.2, 0.25) is 0 Å². The first kappa shape index (κ1) is 10.9. The maximum absolute atomic E-state index is 13.4. The number of fused-ring (bicyclic) bond motifs is 1. The summed E-state index contributed by atoms with van der Waals surface area (Å²) in [5, 5.41) is 2.53. The van der Waals surface area contributed by atoms with E-state index in [-0.39, 0.29) is 21.3 Å². The van der Waals surface area contributed by atoms with Gasteiger partial charge in [-0.15, -0.1) is 0 Å². The topological polar surface area (TPSA) is 97.2 Å². The second-order valence-electron chi connectivity index (χ2n) is 7.31. The maximum Gasteiger partial charge on any atom is 0.255 e. The van der Waals surface area contributed by atoms with Crippen LogP contribution in [0.5, 0.6) is 0 Å². The number of piperidine rings is 1. The molecule has 0 radical (unpaired) electrons. The molecule has 2 aromatic rings. The van der Waals surface area contributed by atoms with Crippen molar-refractivity contribution in [3.63, 3.8) is 0 Å². The molecule has 1 aliphatic heterocycles. The molecule has 2 fully saturated rings. The number of anilines is 1. The summed E-state index contributed by atoms with van der Waals surface area (Å²) >= 11 is 0. The number of sulfonamides is 1. The van der Waals surface area contributed by atoms with Gasteiger partial charge in [-0.25, -0.2) is 17.7 Å². The summed E-state index contributed by atoms with van der Waals surface area (Å²) in [5.74, 6) is -0.447. The van der Waals surface area contributed by atoms with E-state index in [9.17, 15) is 13.2 Å². The van der Waals surface area contributed by atoms with Gasteiger partial charge in [-0.3, -0.25) is 9.36 Å². The Hall–Kier alpha value is -2.00. The van der Waals surface area contributed by atoms with Crippen LogP contribution in [0.3, 0.4) is 0 Å². The van der Waals surface area contributed by atoms with Crippen molar-refractivity contribution in [3.05, 3.63) is 28.2 Å². The monoisotopic (exact) mass is 430 g/mol. The number of pyridine rings is 1. The molecule has 8 nitrogen and oxygen atoms in total. The molecule has 3 heterocycles. The minimum absolute atomic E-state index is 0.00871. The van der Waals surface area contributed by atoms with Gasteiger partial charge < -0.3 is 5.32 Å². The summed E-state index contributed by atoms with van der Waals surface area (Å²) in [7, 11) is -5.11. The third-order valence-corrected chi connectivity index (χ3v) is 6.30. The molecule has 1 saturated carbocycles. The first-order chi connectivity index (χ1) is 18.0. The van der Waals surface area contributed by atoms with Gasteiger partial charge in [0.15, 0.2) is 0 Å². The predicted octanol–water partition coefficient (Wildman–Crippen LogP) is 2.30. The van der Waals surface area contributed by atoms with Crippen molar-refractivity contribution >= 4 is 27.0 Å². The van der Waals surface area contributed by atoms with Crippen LogP contribution in [0, 0.1) is 12.8 Å². The Balaban J connectivity index is 1.83. The zero-order valence-electron chi connectivity index (χ0n) is 26.8. The third kappa shape index (κ3) is 4.02. The van der Waals surface area contributed by atoms with E-state index in [1.54, 1.807) is 0 Å². The highest BCUT2D eigenvalue weighted by molar-refractivity contribution is 7.88. The molecule has 2 aliphatic rings. The molecule has 0 aromatic carbocycles. The van der Waals surface area contributed by atoms with Gasteiger partial charge in [0.25, 0.3) is 5.56 Å². The zero-order valence-corrected chi connectivity index (χ0v) is 16.6. The van der Waals surface area contributed by atoms with E-state index in [1.165, 1.54) is 10.8 Å². The second-order valence-corrected chi connectivity index (χ2v) is 8.77. The lowest BCUT2D eigenvalue weighted by Gasteiger charge is -2.30. The highest BCUT2D eigenvalue weighted by atomic mass is 32.2. The van der Waals surface area contributed by atoms with Crippen LogP contribution in [0.25, 0.3) is 11.0 Å². The molecule has 0 amide bonds. The van der Waals surface area contributed by atoms with Gasteiger partial charge in [0, 0.05) is 56.0 Å². The van der Waals surface area contributed by atoms with E-state index in [0.717, 1.165) is 18.9 Å². The molecule has 0 spiro atoms. The van der Waals surface area contributed by atoms with Crippen molar-refractivity contribution in [1.29, 1.82) is 0 Å². The molecule has 1 aliphatic carbocycles. The number of hydrogen-bond acceptors (Lipinski definition) is 6. The number of hydrogen-bond donors (Lipinski definition) is 1. The van der Waals surface area contributed by atoms with E-state index in [1.807, 2.05) is 6.92 Å². The lowest BCUT2D eigenvalue weighted by molar-refractivity contribution is 0.331. The van der Waals surface area contributed by atoms with Gasteiger partial charge >= 0.3 is 0 Å². The molecule has 29 heavy (non-hydrogen) atoms. The Morgan fingerprint density at radius 2 is 2.14 bits per heavy atom. The number of aromatic nitrogens is 3. The van der Waals surface area contributed by atoms with Crippen LogP contribution < -0.4 is 10.9 Å². The highest BCUT2D eigenvalue weighted by Gasteiger charge is 2.29. The number of nitrogens with zero attached hydrogens (tertiary/aromatic N) is 4. The second kappa shape index (κ2) is 7.68. The van der Waals surface area contributed by atoms with E-state index in [2.05, 4.69) is 15.3 Å².